The Morgan fingerprint density at radius 3 is 2.55 bits per heavy atom. The maximum atomic E-state index is 10.2. The molecule has 0 aliphatic carbocycles. The molecule has 0 radical (unpaired) electrons. The van der Waals surface area contributed by atoms with E-state index < -0.39 is 5.97 Å². The zero-order valence-corrected chi connectivity index (χ0v) is 6.54. The predicted octanol–water partition coefficient (Wildman–Crippen LogP) is 1.30. The molecule has 0 fully saturated rings. The number of carboxylic acid groups (broad SMARTS) is 1. The number of pyridine rings is 1. The molecule has 0 amide bonds. The highest BCUT2D eigenvalue weighted by Gasteiger charge is 1.94. The molecule has 58 valence electrons. The third-order valence-electron chi connectivity index (χ3n) is 1.18. The number of nitrogens with zero attached hydrogens (tertiary/aromatic N) is 1. The Hall–Kier alpha value is -1.16. The van der Waals surface area contributed by atoms with Crippen LogP contribution in [0.25, 0.3) is 0 Å². The van der Waals surface area contributed by atoms with Crippen LogP contribution >= 0.6 is 12.2 Å². The molecule has 1 heterocycles. The van der Waals surface area contributed by atoms with Crippen molar-refractivity contribution in [2.24, 2.45) is 0 Å². The summed E-state index contributed by atoms with van der Waals surface area (Å²) < 4.78 is 2.27. The SMILES string of the molecule is O=C(O)Cn1ccc(=S)cc1. The largest absolute Gasteiger partial charge is 0.480 e. The van der Waals surface area contributed by atoms with Gasteiger partial charge in [-0.3, -0.25) is 4.79 Å². The molecular formula is C7H7NO2S. The van der Waals surface area contributed by atoms with E-state index in [9.17, 15) is 4.79 Å². The van der Waals surface area contributed by atoms with Crippen LogP contribution in [0, 0.1) is 4.51 Å². The lowest BCUT2D eigenvalue weighted by atomic mass is 10.5. The summed E-state index contributed by atoms with van der Waals surface area (Å²) in [6, 6.07) is 3.39. The highest BCUT2D eigenvalue weighted by Crippen LogP contribution is 1.91. The van der Waals surface area contributed by atoms with Crippen LogP contribution in [0.3, 0.4) is 0 Å². The first-order valence-electron chi connectivity index (χ1n) is 3.06. The van der Waals surface area contributed by atoms with Crippen molar-refractivity contribution in [2.75, 3.05) is 0 Å². The summed E-state index contributed by atoms with van der Waals surface area (Å²) in [4.78, 5) is 10.2. The monoisotopic (exact) mass is 169 g/mol. The van der Waals surface area contributed by atoms with Gasteiger partial charge in [-0.15, -0.1) is 0 Å². The quantitative estimate of drug-likeness (QED) is 0.678. The second kappa shape index (κ2) is 3.30. The number of carboxylic acids is 1. The van der Waals surface area contributed by atoms with Crippen molar-refractivity contribution in [1.82, 2.24) is 4.57 Å². The van der Waals surface area contributed by atoms with E-state index in [1.54, 1.807) is 29.1 Å². The minimum atomic E-state index is -0.855. The molecule has 0 aromatic carbocycles. The third-order valence-corrected chi connectivity index (χ3v) is 1.45. The lowest BCUT2D eigenvalue weighted by Gasteiger charge is -1.99. The summed E-state index contributed by atoms with van der Waals surface area (Å²) in [5.41, 5.74) is 0. The van der Waals surface area contributed by atoms with Gasteiger partial charge < -0.3 is 9.67 Å². The lowest BCUT2D eigenvalue weighted by Crippen LogP contribution is -2.07. The van der Waals surface area contributed by atoms with Crippen LogP contribution < -0.4 is 0 Å². The summed E-state index contributed by atoms with van der Waals surface area (Å²) in [7, 11) is 0. The molecule has 0 saturated carbocycles. The van der Waals surface area contributed by atoms with Crippen molar-refractivity contribution >= 4 is 18.2 Å². The molecule has 3 nitrogen and oxygen atoms in total. The van der Waals surface area contributed by atoms with Gasteiger partial charge in [0.15, 0.2) is 0 Å². The molecule has 1 N–H and O–H groups in total. The van der Waals surface area contributed by atoms with Crippen molar-refractivity contribution in [2.45, 2.75) is 6.54 Å². The maximum Gasteiger partial charge on any atom is 0.323 e. The summed E-state index contributed by atoms with van der Waals surface area (Å²) in [6.45, 7) is -0.0182. The molecule has 4 heteroatoms. The molecule has 0 spiro atoms. The van der Waals surface area contributed by atoms with Gasteiger partial charge in [-0.25, -0.2) is 0 Å². The molecule has 1 rings (SSSR count). The topological polar surface area (TPSA) is 42.2 Å². The Kier molecular flexibility index (Phi) is 2.38. The molecule has 0 saturated heterocycles. The molecule has 0 bridgehead atoms. The van der Waals surface area contributed by atoms with Gasteiger partial charge in [0.05, 0.1) is 0 Å². The predicted molar refractivity (Wildman–Crippen MR) is 42.9 cm³/mol. The van der Waals surface area contributed by atoms with Crippen LogP contribution in [0.2, 0.25) is 0 Å². The van der Waals surface area contributed by atoms with E-state index in [1.165, 1.54) is 0 Å². The number of carbonyl (C=O) groups is 1. The average Bonchev–Trinajstić information content (AvgIpc) is 1.93. The van der Waals surface area contributed by atoms with Gasteiger partial charge in [-0.1, -0.05) is 12.2 Å². The minimum absolute atomic E-state index is 0.0182. The van der Waals surface area contributed by atoms with E-state index in [0.717, 1.165) is 0 Å². The summed E-state index contributed by atoms with van der Waals surface area (Å²) >= 11 is 4.82. The van der Waals surface area contributed by atoms with Gasteiger partial charge in [-0.2, -0.15) is 0 Å². The van der Waals surface area contributed by atoms with Gasteiger partial charge in [0.25, 0.3) is 0 Å². The van der Waals surface area contributed by atoms with Crippen LogP contribution in [-0.4, -0.2) is 15.6 Å². The summed E-state index contributed by atoms with van der Waals surface area (Å²) in [6.07, 6.45) is 3.30. The first-order valence-corrected chi connectivity index (χ1v) is 3.47. The van der Waals surface area contributed by atoms with Crippen LogP contribution in [0.4, 0.5) is 0 Å². The van der Waals surface area contributed by atoms with E-state index in [0.29, 0.717) is 4.51 Å². The minimum Gasteiger partial charge on any atom is -0.480 e. The van der Waals surface area contributed by atoms with Crippen LogP contribution in [0.15, 0.2) is 24.5 Å². The fourth-order valence-electron chi connectivity index (χ4n) is 0.705. The second-order valence-electron chi connectivity index (χ2n) is 2.10. The summed E-state index contributed by atoms with van der Waals surface area (Å²) in [5.74, 6) is -0.855. The van der Waals surface area contributed by atoms with Crippen molar-refractivity contribution in [3.8, 4) is 0 Å². The molecule has 0 unspecified atom stereocenters. The van der Waals surface area contributed by atoms with Crippen LogP contribution in [-0.2, 0) is 11.3 Å². The van der Waals surface area contributed by atoms with Crippen LogP contribution in [0.5, 0.6) is 0 Å². The molecule has 1 aromatic heterocycles. The van der Waals surface area contributed by atoms with Gasteiger partial charge in [-0.05, 0) is 12.1 Å². The smallest absolute Gasteiger partial charge is 0.323 e. The molecule has 1 aromatic rings. The van der Waals surface area contributed by atoms with Crippen molar-refractivity contribution in [3.05, 3.63) is 29.0 Å². The molecule has 0 aliphatic heterocycles. The Morgan fingerprint density at radius 1 is 1.55 bits per heavy atom. The number of hydrogen-bond acceptors (Lipinski definition) is 2. The van der Waals surface area contributed by atoms with Crippen molar-refractivity contribution < 1.29 is 9.90 Å². The molecule has 0 atom stereocenters. The normalized spacial score (nSPS) is 9.45. The van der Waals surface area contributed by atoms with E-state index in [4.69, 9.17) is 17.3 Å². The van der Waals surface area contributed by atoms with Gasteiger partial charge >= 0.3 is 5.97 Å². The Bertz CT molecular complexity index is 298. The Labute approximate surface area is 68.9 Å². The average molecular weight is 169 g/mol. The molecular weight excluding hydrogens is 162 g/mol. The number of aliphatic carboxylic acids is 1. The lowest BCUT2D eigenvalue weighted by molar-refractivity contribution is -0.137. The highest BCUT2D eigenvalue weighted by atomic mass is 32.1. The number of hydrogen-bond donors (Lipinski definition) is 1. The van der Waals surface area contributed by atoms with E-state index in [2.05, 4.69) is 0 Å². The zero-order chi connectivity index (χ0) is 8.27. The van der Waals surface area contributed by atoms with Gasteiger partial charge in [0.2, 0.25) is 0 Å². The Morgan fingerprint density at radius 2 is 2.09 bits per heavy atom. The third kappa shape index (κ3) is 2.51. The van der Waals surface area contributed by atoms with Crippen molar-refractivity contribution in [3.63, 3.8) is 0 Å². The second-order valence-corrected chi connectivity index (χ2v) is 2.57. The Balaban J connectivity index is 2.82. The van der Waals surface area contributed by atoms with Crippen LogP contribution in [0.1, 0.15) is 0 Å². The molecule has 11 heavy (non-hydrogen) atoms. The van der Waals surface area contributed by atoms with E-state index in [-0.39, 0.29) is 6.54 Å². The standard InChI is InChI=1S/C7H7NO2S/c9-7(10)5-8-3-1-6(11)2-4-8/h1-4H,5H2,(H,9,10). The fraction of sp³-hybridized carbons (Fsp3) is 0.143. The molecule has 0 aliphatic rings. The first-order chi connectivity index (χ1) is 5.18. The zero-order valence-electron chi connectivity index (χ0n) is 5.73. The van der Waals surface area contributed by atoms with E-state index in [1.807, 2.05) is 0 Å². The maximum absolute atomic E-state index is 10.2. The number of rotatable bonds is 2. The number of aromatic nitrogens is 1. The first kappa shape index (κ1) is 7.94. The van der Waals surface area contributed by atoms with Crippen molar-refractivity contribution in [1.29, 1.82) is 0 Å². The highest BCUT2D eigenvalue weighted by molar-refractivity contribution is 7.71. The summed E-state index contributed by atoms with van der Waals surface area (Å²) in [5, 5.41) is 8.39. The van der Waals surface area contributed by atoms with E-state index >= 15 is 0 Å². The van der Waals surface area contributed by atoms with Gasteiger partial charge in [0, 0.05) is 16.9 Å². The van der Waals surface area contributed by atoms with Gasteiger partial charge in [0.1, 0.15) is 6.54 Å². The fourth-order valence-corrected chi connectivity index (χ4v) is 0.827.